The van der Waals surface area contributed by atoms with Gasteiger partial charge in [-0.15, -0.1) is 0 Å². The Balaban J connectivity index is 2.09. The van der Waals surface area contributed by atoms with Gasteiger partial charge in [-0.25, -0.2) is 13.1 Å². The molecule has 0 saturated carbocycles. The lowest BCUT2D eigenvalue weighted by Gasteiger charge is -2.30. The number of hydrogen-bond donors (Lipinski definition) is 3. The number of piperidine rings is 1. The molecule has 0 aromatic carbocycles. The van der Waals surface area contributed by atoms with Gasteiger partial charge in [-0.3, -0.25) is 5.10 Å². The minimum absolute atomic E-state index is 0.0537. The maximum absolute atomic E-state index is 11.9. The van der Waals surface area contributed by atoms with E-state index in [0.717, 1.165) is 19.4 Å². The van der Waals surface area contributed by atoms with Crippen LogP contribution in [0.5, 0.6) is 0 Å². The fraction of sp³-hybridized carbons (Fsp3) is 0.667. The molecule has 1 aromatic heterocycles. The zero-order valence-electron chi connectivity index (χ0n) is 9.10. The van der Waals surface area contributed by atoms with Crippen LogP contribution in [0.1, 0.15) is 19.8 Å². The number of rotatable bonds is 3. The fourth-order valence-electron chi connectivity index (χ4n) is 1.86. The van der Waals surface area contributed by atoms with Gasteiger partial charge < -0.3 is 5.32 Å². The van der Waals surface area contributed by atoms with Gasteiger partial charge in [-0.05, 0) is 32.4 Å². The molecule has 1 aliphatic rings. The van der Waals surface area contributed by atoms with Crippen LogP contribution in [0.25, 0.3) is 0 Å². The Morgan fingerprint density at radius 1 is 1.56 bits per heavy atom. The zero-order chi connectivity index (χ0) is 11.6. The highest BCUT2D eigenvalue weighted by Crippen LogP contribution is 2.12. The lowest BCUT2D eigenvalue weighted by atomic mass is 10.0. The molecule has 1 fully saturated rings. The molecule has 0 radical (unpaired) electrons. The Kier molecular flexibility index (Phi) is 3.27. The molecular formula is C9H16N4O2S. The molecule has 16 heavy (non-hydrogen) atoms. The number of H-pyrrole nitrogens is 1. The van der Waals surface area contributed by atoms with Gasteiger partial charge in [0.25, 0.3) is 10.0 Å². The van der Waals surface area contributed by atoms with Crippen LogP contribution in [0.3, 0.4) is 0 Å². The molecule has 2 unspecified atom stereocenters. The third-order valence-corrected chi connectivity index (χ3v) is 4.25. The smallest absolute Gasteiger partial charge is 0.257 e. The normalized spacial score (nSPS) is 26.8. The second-order valence-electron chi connectivity index (χ2n) is 4.03. The van der Waals surface area contributed by atoms with Crippen molar-refractivity contribution < 1.29 is 8.42 Å². The van der Waals surface area contributed by atoms with Crippen molar-refractivity contribution in [2.24, 2.45) is 0 Å². The highest BCUT2D eigenvalue weighted by molar-refractivity contribution is 7.89. The summed E-state index contributed by atoms with van der Waals surface area (Å²) in [4.78, 5) is 0. The standard InChI is InChI=1S/C9H16N4O2S/c1-7-8(3-2-5-10-7)13-16(14,15)9-4-6-11-12-9/h4,6-8,10,13H,2-3,5H2,1H3,(H,11,12). The van der Waals surface area contributed by atoms with Crippen LogP contribution in [-0.4, -0.2) is 37.2 Å². The summed E-state index contributed by atoms with van der Waals surface area (Å²) in [6.07, 6.45) is 3.28. The van der Waals surface area contributed by atoms with Crippen LogP contribution in [-0.2, 0) is 10.0 Å². The van der Waals surface area contributed by atoms with E-state index in [2.05, 4.69) is 20.2 Å². The van der Waals surface area contributed by atoms with Gasteiger partial charge in [0.15, 0.2) is 5.03 Å². The molecule has 2 heterocycles. The first kappa shape index (κ1) is 11.6. The molecule has 2 rings (SSSR count). The Morgan fingerprint density at radius 2 is 2.38 bits per heavy atom. The predicted octanol–water partition coefficient (Wildman–Crippen LogP) is -0.172. The first-order chi connectivity index (χ1) is 7.59. The van der Waals surface area contributed by atoms with Crippen LogP contribution < -0.4 is 10.0 Å². The molecule has 0 amide bonds. The molecular weight excluding hydrogens is 228 g/mol. The highest BCUT2D eigenvalue weighted by atomic mass is 32.2. The number of aromatic amines is 1. The van der Waals surface area contributed by atoms with Crippen molar-refractivity contribution in [3.63, 3.8) is 0 Å². The Labute approximate surface area is 94.9 Å². The van der Waals surface area contributed by atoms with E-state index in [0.29, 0.717) is 0 Å². The van der Waals surface area contributed by atoms with Crippen molar-refractivity contribution in [3.8, 4) is 0 Å². The van der Waals surface area contributed by atoms with E-state index >= 15 is 0 Å². The minimum Gasteiger partial charge on any atom is -0.313 e. The SMILES string of the molecule is CC1NCCCC1NS(=O)(=O)c1ccn[nH]1. The average Bonchev–Trinajstić information content (AvgIpc) is 2.75. The van der Waals surface area contributed by atoms with Crippen LogP contribution in [0.15, 0.2) is 17.3 Å². The summed E-state index contributed by atoms with van der Waals surface area (Å²) in [5.74, 6) is 0. The largest absolute Gasteiger partial charge is 0.313 e. The zero-order valence-corrected chi connectivity index (χ0v) is 9.92. The van der Waals surface area contributed by atoms with Crippen molar-refractivity contribution in [2.45, 2.75) is 36.9 Å². The summed E-state index contributed by atoms with van der Waals surface area (Å²) in [6, 6.07) is 1.55. The van der Waals surface area contributed by atoms with Crippen LogP contribution in [0.2, 0.25) is 0 Å². The topological polar surface area (TPSA) is 86.9 Å². The molecule has 1 aliphatic heterocycles. The quantitative estimate of drug-likeness (QED) is 0.689. The fourth-order valence-corrected chi connectivity index (χ4v) is 3.12. The molecule has 0 bridgehead atoms. The van der Waals surface area contributed by atoms with Gasteiger partial charge in [0.1, 0.15) is 0 Å². The van der Waals surface area contributed by atoms with E-state index in [1.165, 1.54) is 12.3 Å². The Hall–Kier alpha value is -0.920. The summed E-state index contributed by atoms with van der Waals surface area (Å²) in [5, 5.41) is 9.46. The third-order valence-electron chi connectivity index (χ3n) is 2.83. The van der Waals surface area contributed by atoms with E-state index in [4.69, 9.17) is 0 Å². The molecule has 6 nitrogen and oxygen atoms in total. The van der Waals surface area contributed by atoms with Crippen molar-refractivity contribution in [1.82, 2.24) is 20.2 Å². The molecule has 90 valence electrons. The monoisotopic (exact) mass is 244 g/mol. The highest BCUT2D eigenvalue weighted by Gasteiger charge is 2.26. The van der Waals surface area contributed by atoms with E-state index in [9.17, 15) is 8.42 Å². The first-order valence-corrected chi connectivity index (χ1v) is 6.83. The van der Waals surface area contributed by atoms with Crippen molar-refractivity contribution >= 4 is 10.0 Å². The van der Waals surface area contributed by atoms with Crippen molar-refractivity contribution in [2.75, 3.05) is 6.54 Å². The number of nitrogens with zero attached hydrogens (tertiary/aromatic N) is 1. The molecule has 2 atom stereocenters. The summed E-state index contributed by atoms with van der Waals surface area (Å²) in [7, 11) is -3.46. The maximum atomic E-state index is 11.9. The first-order valence-electron chi connectivity index (χ1n) is 5.35. The molecule has 0 spiro atoms. The van der Waals surface area contributed by atoms with Crippen LogP contribution in [0, 0.1) is 0 Å². The van der Waals surface area contributed by atoms with E-state index in [-0.39, 0.29) is 17.1 Å². The summed E-state index contributed by atoms with van der Waals surface area (Å²) >= 11 is 0. The summed E-state index contributed by atoms with van der Waals surface area (Å²) in [5.41, 5.74) is 0. The van der Waals surface area contributed by atoms with Gasteiger partial charge in [0, 0.05) is 12.1 Å². The molecule has 0 aliphatic carbocycles. The van der Waals surface area contributed by atoms with Crippen molar-refractivity contribution in [1.29, 1.82) is 0 Å². The minimum atomic E-state index is -3.46. The maximum Gasteiger partial charge on any atom is 0.257 e. The second kappa shape index (κ2) is 4.52. The summed E-state index contributed by atoms with van der Waals surface area (Å²) in [6.45, 7) is 2.93. The molecule has 1 saturated heterocycles. The number of sulfonamides is 1. The number of aromatic nitrogens is 2. The molecule has 7 heteroatoms. The van der Waals surface area contributed by atoms with Gasteiger partial charge in [-0.2, -0.15) is 5.10 Å². The van der Waals surface area contributed by atoms with E-state index in [1.54, 1.807) is 0 Å². The van der Waals surface area contributed by atoms with Gasteiger partial charge in [0.05, 0.1) is 6.20 Å². The predicted molar refractivity (Wildman–Crippen MR) is 59.4 cm³/mol. The third kappa shape index (κ3) is 2.42. The summed E-state index contributed by atoms with van der Waals surface area (Å²) < 4.78 is 26.5. The van der Waals surface area contributed by atoms with Gasteiger partial charge in [0.2, 0.25) is 0 Å². The van der Waals surface area contributed by atoms with Gasteiger partial charge in [-0.1, -0.05) is 0 Å². The molecule has 3 N–H and O–H groups in total. The van der Waals surface area contributed by atoms with Crippen LogP contribution in [0.4, 0.5) is 0 Å². The Morgan fingerprint density at radius 3 is 3.00 bits per heavy atom. The lowest BCUT2D eigenvalue weighted by molar-refractivity contribution is 0.348. The van der Waals surface area contributed by atoms with E-state index in [1.807, 2.05) is 6.92 Å². The van der Waals surface area contributed by atoms with Gasteiger partial charge >= 0.3 is 0 Å². The molecule has 1 aromatic rings. The van der Waals surface area contributed by atoms with Crippen molar-refractivity contribution in [3.05, 3.63) is 12.3 Å². The van der Waals surface area contributed by atoms with Crippen LogP contribution >= 0.6 is 0 Å². The average molecular weight is 244 g/mol. The second-order valence-corrected chi connectivity index (χ2v) is 5.72. The lowest BCUT2D eigenvalue weighted by Crippen LogP contribution is -2.51. The number of nitrogens with one attached hydrogen (secondary N) is 3. The number of hydrogen-bond acceptors (Lipinski definition) is 4. The Bertz CT molecular complexity index is 428. The van der Waals surface area contributed by atoms with E-state index < -0.39 is 10.0 Å².